The van der Waals surface area contributed by atoms with E-state index in [0.717, 1.165) is 18.8 Å². The third-order valence-electron chi connectivity index (χ3n) is 5.15. The van der Waals surface area contributed by atoms with E-state index in [1.165, 1.54) is 84.0 Å². The summed E-state index contributed by atoms with van der Waals surface area (Å²) in [4.78, 5) is 21.1. The summed E-state index contributed by atoms with van der Waals surface area (Å²) in [5, 5.41) is 17.2. The molecule has 0 radical (unpaired) electrons. The highest BCUT2D eigenvalue weighted by atomic mass is 16.5. The van der Waals surface area contributed by atoms with Gasteiger partial charge in [-0.05, 0) is 40.0 Å². The van der Waals surface area contributed by atoms with Gasteiger partial charge in [0.15, 0.2) is 0 Å². The fourth-order valence-corrected chi connectivity index (χ4v) is 2.89. The minimum absolute atomic E-state index is 0.445. The van der Waals surface area contributed by atoms with Crippen LogP contribution in [0.3, 0.4) is 0 Å². The summed E-state index contributed by atoms with van der Waals surface area (Å²) in [6, 6.07) is 0. The van der Waals surface area contributed by atoms with Crippen molar-refractivity contribution in [1.29, 1.82) is 0 Å². The van der Waals surface area contributed by atoms with Gasteiger partial charge in [0.25, 0.3) is 0 Å². The lowest BCUT2D eigenvalue weighted by Gasteiger charge is -2.08. The molecule has 0 saturated heterocycles. The number of carboxylic acid groups (broad SMARTS) is 1. The van der Waals surface area contributed by atoms with Crippen LogP contribution in [0.15, 0.2) is 0 Å². The Labute approximate surface area is 192 Å². The lowest BCUT2D eigenvalue weighted by atomic mass is 9.98. The number of hydrogen-bond acceptors (Lipinski definition) is 4. The molecular formula is C26H52O5. The molecule has 0 aliphatic carbocycles. The van der Waals surface area contributed by atoms with Crippen LogP contribution in [0.1, 0.15) is 131 Å². The molecule has 0 aromatic heterocycles. The van der Waals surface area contributed by atoms with E-state index in [4.69, 9.17) is 14.9 Å². The average Bonchev–Trinajstić information content (AvgIpc) is 2.66. The number of esters is 1. The first-order chi connectivity index (χ1) is 14.5. The van der Waals surface area contributed by atoms with Crippen LogP contribution in [0.2, 0.25) is 0 Å². The molecule has 1 unspecified atom stereocenters. The van der Waals surface area contributed by atoms with Crippen molar-refractivity contribution < 1.29 is 24.5 Å². The molecule has 0 amide bonds. The molecule has 0 rings (SSSR count). The highest BCUT2D eigenvalue weighted by Gasteiger charge is 2.18. The van der Waals surface area contributed by atoms with E-state index in [9.17, 15) is 9.59 Å². The zero-order valence-electron chi connectivity index (χ0n) is 21.4. The van der Waals surface area contributed by atoms with Gasteiger partial charge in [-0.25, -0.2) is 4.79 Å². The SMILES string of the molecule is CC(C)(C)C(=O)O.CC(C)CCCCCCCCCCCCCCCOC(=O)C(C)O. The van der Waals surface area contributed by atoms with Crippen LogP contribution in [0.4, 0.5) is 0 Å². The zero-order chi connectivity index (χ0) is 24.1. The first-order valence-electron chi connectivity index (χ1n) is 12.6. The normalized spacial score (nSPS) is 12.3. The largest absolute Gasteiger partial charge is 0.481 e. The second-order valence-electron chi connectivity index (χ2n) is 10.2. The quantitative estimate of drug-likeness (QED) is 0.184. The maximum atomic E-state index is 11.0. The Bertz CT molecular complexity index is 424. The number of carbonyl (C=O) groups excluding carboxylic acids is 1. The van der Waals surface area contributed by atoms with Gasteiger partial charge in [0, 0.05) is 0 Å². The lowest BCUT2D eigenvalue weighted by molar-refractivity contribution is -0.152. The third kappa shape index (κ3) is 26.9. The van der Waals surface area contributed by atoms with Crippen LogP contribution in [0, 0.1) is 11.3 Å². The molecule has 186 valence electrons. The van der Waals surface area contributed by atoms with Crippen molar-refractivity contribution >= 4 is 11.9 Å². The molecular weight excluding hydrogens is 392 g/mol. The van der Waals surface area contributed by atoms with E-state index in [0.29, 0.717) is 6.61 Å². The number of aliphatic hydroxyl groups excluding tert-OH is 1. The molecule has 0 bridgehead atoms. The summed E-state index contributed by atoms with van der Waals surface area (Å²) in [5.41, 5.74) is -0.583. The van der Waals surface area contributed by atoms with Gasteiger partial charge in [0.1, 0.15) is 6.10 Å². The smallest absolute Gasteiger partial charge is 0.334 e. The fourth-order valence-electron chi connectivity index (χ4n) is 2.89. The molecule has 0 aliphatic heterocycles. The average molecular weight is 445 g/mol. The molecule has 0 aromatic carbocycles. The Morgan fingerprint density at radius 3 is 1.32 bits per heavy atom. The maximum Gasteiger partial charge on any atom is 0.334 e. The summed E-state index contributed by atoms with van der Waals surface area (Å²) in [5.74, 6) is -0.397. The summed E-state index contributed by atoms with van der Waals surface area (Å²) in [6.45, 7) is 11.5. The molecule has 0 saturated carbocycles. The first-order valence-corrected chi connectivity index (χ1v) is 12.6. The van der Waals surface area contributed by atoms with Crippen LogP contribution in [-0.2, 0) is 14.3 Å². The molecule has 0 aromatic rings. The molecule has 0 aliphatic rings. The van der Waals surface area contributed by atoms with Crippen molar-refractivity contribution in [3.05, 3.63) is 0 Å². The fraction of sp³-hybridized carbons (Fsp3) is 0.923. The minimum Gasteiger partial charge on any atom is -0.481 e. The molecule has 0 spiro atoms. The highest BCUT2D eigenvalue weighted by Crippen LogP contribution is 2.14. The summed E-state index contributed by atoms with van der Waals surface area (Å²) < 4.78 is 4.93. The summed E-state index contributed by atoms with van der Waals surface area (Å²) in [6.07, 6.45) is 17.5. The van der Waals surface area contributed by atoms with Crippen molar-refractivity contribution in [2.75, 3.05) is 6.61 Å². The Balaban J connectivity index is 0. The van der Waals surface area contributed by atoms with Crippen LogP contribution in [0.25, 0.3) is 0 Å². The number of carboxylic acids is 1. The first kappa shape index (κ1) is 32.1. The van der Waals surface area contributed by atoms with Crippen LogP contribution < -0.4 is 0 Å². The van der Waals surface area contributed by atoms with E-state index in [2.05, 4.69) is 13.8 Å². The number of aliphatic hydroxyl groups is 1. The maximum absolute atomic E-state index is 11.0. The molecule has 5 heteroatoms. The Hall–Kier alpha value is -1.10. The minimum atomic E-state index is -0.995. The number of unbranched alkanes of at least 4 members (excludes halogenated alkanes) is 12. The van der Waals surface area contributed by atoms with Gasteiger partial charge in [-0.3, -0.25) is 4.79 Å². The number of rotatable bonds is 17. The van der Waals surface area contributed by atoms with Gasteiger partial charge in [-0.15, -0.1) is 0 Å². The monoisotopic (exact) mass is 444 g/mol. The highest BCUT2D eigenvalue weighted by molar-refractivity contribution is 5.73. The van der Waals surface area contributed by atoms with Crippen molar-refractivity contribution in [2.45, 2.75) is 138 Å². The van der Waals surface area contributed by atoms with Gasteiger partial charge in [0.2, 0.25) is 0 Å². The van der Waals surface area contributed by atoms with Crippen molar-refractivity contribution in [3.63, 3.8) is 0 Å². The molecule has 5 nitrogen and oxygen atoms in total. The topological polar surface area (TPSA) is 83.8 Å². The van der Waals surface area contributed by atoms with Gasteiger partial charge in [-0.1, -0.05) is 97.3 Å². The van der Waals surface area contributed by atoms with Crippen LogP contribution in [0.5, 0.6) is 0 Å². The lowest BCUT2D eigenvalue weighted by Crippen LogP contribution is -2.19. The summed E-state index contributed by atoms with van der Waals surface area (Å²) >= 11 is 0. The number of carbonyl (C=O) groups is 2. The van der Waals surface area contributed by atoms with Gasteiger partial charge < -0.3 is 14.9 Å². The second kappa shape index (κ2) is 20.8. The Morgan fingerprint density at radius 1 is 0.710 bits per heavy atom. The Kier molecular flexibility index (Phi) is 21.5. The molecule has 0 fully saturated rings. The van der Waals surface area contributed by atoms with Crippen LogP contribution in [-0.4, -0.2) is 34.9 Å². The van der Waals surface area contributed by atoms with E-state index in [-0.39, 0.29) is 0 Å². The summed E-state index contributed by atoms with van der Waals surface area (Å²) in [7, 11) is 0. The van der Waals surface area contributed by atoms with E-state index >= 15 is 0 Å². The standard InChI is InChI=1S/C21H42O3.C5H10O2/c1-19(2)17-15-13-11-9-7-5-4-6-8-10-12-14-16-18-24-21(23)20(3)22;1-5(2,3)4(6)7/h19-20,22H,4-18H2,1-3H3;1-3H3,(H,6,7). The zero-order valence-corrected chi connectivity index (χ0v) is 21.4. The number of ether oxygens (including phenoxy) is 1. The molecule has 0 heterocycles. The Morgan fingerprint density at radius 2 is 1.03 bits per heavy atom. The predicted octanol–water partition coefficient (Wildman–Crippen LogP) is 7.14. The molecule has 1 atom stereocenters. The van der Waals surface area contributed by atoms with E-state index < -0.39 is 23.5 Å². The van der Waals surface area contributed by atoms with Gasteiger partial charge >= 0.3 is 11.9 Å². The van der Waals surface area contributed by atoms with Crippen molar-refractivity contribution in [2.24, 2.45) is 11.3 Å². The number of aliphatic carboxylic acids is 1. The third-order valence-corrected chi connectivity index (χ3v) is 5.15. The van der Waals surface area contributed by atoms with E-state index in [1.807, 2.05) is 0 Å². The van der Waals surface area contributed by atoms with Gasteiger partial charge in [0.05, 0.1) is 12.0 Å². The van der Waals surface area contributed by atoms with Crippen molar-refractivity contribution in [3.8, 4) is 0 Å². The van der Waals surface area contributed by atoms with E-state index in [1.54, 1.807) is 20.8 Å². The molecule has 2 N–H and O–H groups in total. The second-order valence-corrected chi connectivity index (χ2v) is 10.2. The van der Waals surface area contributed by atoms with Crippen molar-refractivity contribution in [1.82, 2.24) is 0 Å². The number of hydrogen-bond donors (Lipinski definition) is 2. The molecule has 31 heavy (non-hydrogen) atoms. The van der Waals surface area contributed by atoms with Gasteiger partial charge in [-0.2, -0.15) is 0 Å². The van der Waals surface area contributed by atoms with Crippen LogP contribution >= 0.6 is 0 Å². The predicted molar refractivity (Wildman–Crippen MR) is 129 cm³/mol.